The Hall–Kier alpha value is -1.65. The van der Waals surface area contributed by atoms with Crippen molar-refractivity contribution in [3.63, 3.8) is 0 Å². The third-order valence-electron chi connectivity index (χ3n) is 3.72. The standard InChI is InChI=1S/C14H22N4O/c1-11(19)18-8-6-12(7-9-18)10-13-4-5-14(16-15-13)17(2)3/h4-5,12H,6-10H2,1-3H3. The minimum atomic E-state index is 0.188. The molecule has 104 valence electrons. The summed E-state index contributed by atoms with van der Waals surface area (Å²) in [7, 11) is 3.92. The highest BCUT2D eigenvalue weighted by Crippen LogP contribution is 2.21. The number of carbonyl (C=O) groups excluding carboxylic acids is 1. The molecule has 1 fully saturated rings. The van der Waals surface area contributed by atoms with Gasteiger partial charge in [-0.2, -0.15) is 5.10 Å². The highest BCUT2D eigenvalue weighted by atomic mass is 16.2. The number of hydrogen-bond acceptors (Lipinski definition) is 4. The number of aromatic nitrogens is 2. The van der Waals surface area contributed by atoms with Gasteiger partial charge in [0.2, 0.25) is 5.91 Å². The maximum absolute atomic E-state index is 11.3. The smallest absolute Gasteiger partial charge is 0.219 e. The van der Waals surface area contributed by atoms with E-state index in [0.29, 0.717) is 5.92 Å². The van der Waals surface area contributed by atoms with Crippen LogP contribution in [-0.2, 0) is 11.2 Å². The SMILES string of the molecule is CC(=O)N1CCC(Cc2ccc(N(C)C)nn2)CC1. The monoisotopic (exact) mass is 262 g/mol. The number of nitrogens with zero attached hydrogens (tertiary/aromatic N) is 4. The average molecular weight is 262 g/mol. The van der Waals surface area contributed by atoms with Crippen molar-refractivity contribution < 1.29 is 4.79 Å². The Morgan fingerprint density at radius 2 is 2.00 bits per heavy atom. The first kappa shape index (κ1) is 13.8. The van der Waals surface area contributed by atoms with Crippen LogP contribution in [0.2, 0.25) is 0 Å². The van der Waals surface area contributed by atoms with Crippen LogP contribution in [0.15, 0.2) is 12.1 Å². The Balaban J connectivity index is 1.87. The molecule has 0 saturated carbocycles. The summed E-state index contributed by atoms with van der Waals surface area (Å²) in [5.41, 5.74) is 1.05. The van der Waals surface area contributed by atoms with E-state index in [0.717, 1.165) is 43.9 Å². The normalized spacial score (nSPS) is 16.5. The molecule has 1 aliphatic rings. The topological polar surface area (TPSA) is 49.3 Å². The lowest BCUT2D eigenvalue weighted by atomic mass is 9.92. The number of likely N-dealkylation sites (tertiary alicyclic amines) is 1. The quantitative estimate of drug-likeness (QED) is 0.825. The van der Waals surface area contributed by atoms with Crippen LogP contribution in [0.5, 0.6) is 0 Å². The van der Waals surface area contributed by atoms with Crippen LogP contribution >= 0.6 is 0 Å². The third-order valence-corrected chi connectivity index (χ3v) is 3.72. The van der Waals surface area contributed by atoms with E-state index in [-0.39, 0.29) is 5.91 Å². The van der Waals surface area contributed by atoms with Gasteiger partial charge in [0.15, 0.2) is 5.82 Å². The Kier molecular flexibility index (Phi) is 4.35. The molecule has 0 radical (unpaired) electrons. The van der Waals surface area contributed by atoms with Crippen LogP contribution in [0.1, 0.15) is 25.5 Å². The molecule has 1 aromatic rings. The van der Waals surface area contributed by atoms with Crippen molar-refractivity contribution in [3.05, 3.63) is 17.8 Å². The molecule has 2 heterocycles. The van der Waals surface area contributed by atoms with Crippen LogP contribution in [0, 0.1) is 5.92 Å². The van der Waals surface area contributed by atoms with E-state index in [2.05, 4.69) is 16.3 Å². The van der Waals surface area contributed by atoms with Crippen molar-refractivity contribution in [2.75, 3.05) is 32.1 Å². The molecule has 1 saturated heterocycles. The summed E-state index contributed by atoms with van der Waals surface area (Å²) < 4.78 is 0. The lowest BCUT2D eigenvalue weighted by Gasteiger charge is -2.31. The molecule has 5 heteroatoms. The molecular weight excluding hydrogens is 240 g/mol. The van der Waals surface area contributed by atoms with E-state index in [1.54, 1.807) is 6.92 Å². The summed E-state index contributed by atoms with van der Waals surface area (Å²) in [5.74, 6) is 1.69. The molecule has 0 bridgehead atoms. The van der Waals surface area contributed by atoms with Gasteiger partial charge in [0.25, 0.3) is 0 Å². The summed E-state index contributed by atoms with van der Waals surface area (Å²) in [6.07, 6.45) is 3.10. The van der Waals surface area contributed by atoms with E-state index >= 15 is 0 Å². The van der Waals surface area contributed by atoms with Crippen LogP contribution in [-0.4, -0.2) is 48.2 Å². The van der Waals surface area contributed by atoms with Crippen LogP contribution in [0.25, 0.3) is 0 Å². The molecule has 0 atom stereocenters. The molecule has 1 aliphatic heterocycles. The summed E-state index contributed by atoms with van der Waals surface area (Å²) in [5, 5.41) is 8.47. The van der Waals surface area contributed by atoms with Gasteiger partial charge in [-0.3, -0.25) is 4.79 Å². The van der Waals surface area contributed by atoms with Crippen LogP contribution < -0.4 is 4.90 Å². The zero-order valence-electron chi connectivity index (χ0n) is 12.0. The van der Waals surface area contributed by atoms with Crippen molar-refractivity contribution >= 4 is 11.7 Å². The number of amides is 1. The first-order chi connectivity index (χ1) is 9.06. The molecule has 1 amide bonds. The van der Waals surface area contributed by atoms with E-state index in [4.69, 9.17) is 0 Å². The highest BCUT2D eigenvalue weighted by Gasteiger charge is 2.21. The number of hydrogen-bond donors (Lipinski definition) is 0. The van der Waals surface area contributed by atoms with Gasteiger partial charge in [-0.15, -0.1) is 5.10 Å². The average Bonchev–Trinajstić information content (AvgIpc) is 2.40. The van der Waals surface area contributed by atoms with Crippen molar-refractivity contribution in [2.24, 2.45) is 5.92 Å². The summed E-state index contributed by atoms with van der Waals surface area (Å²) in [6.45, 7) is 3.40. The van der Waals surface area contributed by atoms with E-state index in [1.165, 1.54) is 0 Å². The fourth-order valence-electron chi connectivity index (χ4n) is 2.45. The van der Waals surface area contributed by atoms with Crippen molar-refractivity contribution in [2.45, 2.75) is 26.2 Å². The maximum atomic E-state index is 11.3. The maximum Gasteiger partial charge on any atom is 0.219 e. The molecule has 5 nitrogen and oxygen atoms in total. The number of anilines is 1. The summed E-state index contributed by atoms with van der Waals surface area (Å²) >= 11 is 0. The molecular formula is C14H22N4O. The Labute approximate surface area is 114 Å². The second-order valence-corrected chi connectivity index (χ2v) is 5.43. The first-order valence-electron chi connectivity index (χ1n) is 6.81. The van der Waals surface area contributed by atoms with E-state index in [1.807, 2.05) is 30.0 Å². The molecule has 0 aromatic carbocycles. The third kappa shape index (κ3) is 3.66. The largest absolute Gasteiger partial charge is 0.361 e. The van der Waals surface area contributed by atoms with Gasteiger partial charge >= 0.3 is 0 Å². The molecule has 2 rings (SSSR count). The number of piperidine rings is 1. The van der Waals surface area contributed by atoms with Crippen LogP contribution in [0.4, 0.5) is 5.82 Å². The summed E-state index contributed by atoms with van der Waals surface area (Å²) in [4.78, 5) is 15.1. The lowest BCUT2D eigenvalue weighted by molar-refractivity contribution is -0.130. The first-order valence-corrected chi connectivity index (χ1v) is 6.81. The minimum Gasteiger partial charge on any atom is -0.361 e. The second-order valence-electron chi connectivity index (χ2n) is 5.43. The molecule has 0 N–H and O–H groups in total. The van der Waals surface area contributed by atoms with Gasteiger partial charge in [0, 0.05) is 34.1 Å². The van der Waals surface area contributed by atoms with Crippen LogP contribution in [0.3, 0.4) is 0 Å². The van der Waals surface area contributed by atoms with Crippen molar-refractivity contribution in [3.8, 4) is 0 Å². The highest BCUT2D eigenvalue weighted by molar-refractivity contribution is 5.73. The van der Waals surface area contributed by atoms with E-state index in [9.17, 15) is 4.79 Å². The molecule has 0 aliphatic carbocycles. The van der Waals surface area contributed by atoms with Gasteiger partial charge in [-0.1, -0.05) is 0 Å². The molecule has 19 heavy (non-hydrogen) atoms. The second kappa shape index (κ2) is 5.99. The zero-order chi connectivity index (χ0) is 13.8. The zero-order valence-corrected chi connectivity index (χ0v) is 12.0. The fraction of sp³-hybridized carbons (Fsp3) is 0.643. The van der Waals surface area contributed by atoms with Gasteiger partial charge in [0.1, 0.15) is 0 Å². The van der Waals surface area contributed by atoms with Gasteiger partial charge in [0.05, 0.1) is 5.69 Å². The van der Waals surface area contributed by atoms with Crippen molar-refractivity contribution in [1.29, 1.82) is 0 Å². The molecule has 1 aromatic heterocycles. The molecule has 0 unspecified atom stereocenters. The minimum absolute atomic E-state index is 0.188. The van der Waals surface area contributed by atoms with Crippen molar-refractivity contribution in [1.82, 2.24) is 15.1 Å². The predicted molar refractivity (Wildman–Crippen MR) is 75.0 cm³/mol. The Bertz CT molecular complexity index is 422. The van der Waals surface area contributed by atoms with Gasteiger partial charge in [-0.05, 0) is 37.3 Å². The fourth-order valence-corrected chi connectivity index (χ4v) is 2.45. The predicted octanol–water partition coefficient (Wildman–Crippen LogP) is 1.34. The Morgan fingerprint density at radius 1 is 1.32 bits per heavy atom. The van der Waals surface area contributed by atoms with Gasteiger partial charge in [-0.25, -0.2) is 0 Å². The Morgan fingerprint density at radius 3 is 2.47 bits per heavy atom. The number of rotatable bonds is 3. The van der Waals surface area contributed by atoms with E-state index < -0.39 is 0 Å². The molecule has 0 spiro atoms. The number of carbonyl (C=O) groups is 1. The van der Waals surface area contributed by atoms with Gasteiger partial charge < -0.3 is 9.80 Å². The lowest BCUT2D eigenvalue weighted by Crippen LogP contribution is -2.37. The summed E-state index contributed by atoms with van der Waals surface area (Å²) in [6, 6.07) is 4.06.